The minimum atomic E-state index is -3.93. The van der Waals surface area contributed by atoms with Gasteiger partial charge < -0.3 is 5.32 Å². The average Bonchev–Trinajstić information content (AvgIpc) is 2.78. The van der Waals surface area contributed by atoms with E-state index in [0.29, 0.717) is 23.4 Å². The first-order valence-corrected chi connectivity index (χ1v) is 13.4. The normalized spacial score (nSPS) is 27.4. The van der Waals surface area contributed by atoms with Crippen LogP contribution in [-0.2, 0) is 14.8 Å². The second-order valence-corrected chi connectivity index (χ2v) is 12.3. The van der Waals surface area contributed by atoms with E-state index in [0.717, 1.165) is 30.4 Å². The number of aryl methyl sites for hydroxylation is 2. The lowest BCUT2D eigenvalue weighted by Gasteiger charge is -2.55. The molecule has 0 heterocycles. The Hall–Kier alpha value is -2.71. The molecule has 4 bridgehead atoms. The summed E-state index contributed by atoms with van der Waals surface area (Å²) in [6, 6.07) is 11.6. The number of carbonyl (C=O) groups excluding carboxylic acids is 2. The lowest BCUT2D eigenvalue weighted by molar-refractivity contribution is -0.140. The zero-order valence-corrected chi connectivity index (χ0v) is 20.4. The molecule has 7 nitrogen and oxygen atoms in total. The molecule has 0 aliphatic heterocycles. The van der Waals surface area contributed by atoms with Gasteiger partial charge in [-0.2, -0.15) is 0 Å². The standard InChI is InChI=1S/C26H31N3O4S/c1-16-3-6-21(7-4-16)34(32,33)29-28-24(30)22-9-17(2)5-8-23(22)27-25(31)26-13-18-10-19(14-26)12-20(11-18)15-26/h3-9,18-20,29H,10-15H2,1-2H3,(H,27,31)(H,28,30). The van der Waals surface area contributed by atoms with Crippen LogP contribution in [0.5, 0.6) is 0 Å². The van der Waals surface area contributed by atoms with Gasteiger partial charge in [-0.3, -0.25) is 15.0 Å². The zero-order valence-electron chi connectivity index (χ0n) is 19.6. The molecule has 180 valence electrons. The summed E-state index contributed by atoms with van der Waals surface area (Å²) in [6.07, 6.45) is 6.50. The van der Waals surface area contributed by atoms with Crippen molar-refractivity contribution in [2.75, 3.05) is 5.32 Å². The number of hydrazine groups is 1. The number of amides is 2. The third-order valence-corrected chi connectivity index (χ3v) is 9.08. The molecule has 0 atom stereocenters. The van der Waals surface area contributed by atoms with Crippen molar-refractivity contribution < 1.29 is 18.0 Å². The van der Waals surface area contributed by atoms with E-state index in [9.17, 15) is 18.0 Å². The molecular weight excluding hydrogens is 450 g/mol. The largest absolute Gasteiger partial charge is 0.325 e. The van der Waals surface area contributed by atoms with Gasteiger partial charge in [-0.15, -0.1) is 4.83 Å². The van der Waals surface area contributed by atoms with Crippen LogP contribution < -0.4 is 15.6 Å². The van der Waals surface area contributed by atoms with Crippen LogP contribution in [0.4, 0.5) is 5.69 Å². The number of hydrogen-bond donors (Lipinski definition) is 3. The van der Waals surface area contributed by atoms with Gasteiger partial charge >= 0.3 is 0 Å². The van der Waals surface area contributed by atoms with Gasteiger partial charge in [-0.25, -0.2) is 8.42 Å². The van der Waals surface area contributed by atoms with E-state index in [-0.39, 0.29) is 21.8 Å². The molecule has 3 N–H and O–H groups in total. The van der Waals surface area contributed by atoms with E-state index in [1.165, 1.54) is 31.4 Å². The molecule has 4 aliphatic rings. The summed E-state index contributed by atoms with van der Waals surface area (Å²) in [5.41, 5.74) is 4.35. The van der Waals surface area contributed by atoms with Gasteiger partial charge in [0.2, 0.25) is 5.91 Å². The molecule has 34 heavy (non-hydrogen) atoms. The van der Waals surface area contributed by atoms with E-state index < -0.39 is 15.9 Å². The molecule has 0 unspecified atom stereocenters. The molecule has 0 saturated heterocycles. The predicted octanol–water partition coefficient (Wildman–Crippen LogP) is 4.08. The summed E-state index contributed by atoms with van der Waals surface area (Å²) < 4.78 is 25.1. The number of anilines is 1. The van der Waals surface area contributed by atoms with Crippen LogP contribution in [0.15, 0.2) is 47.4 Å². The molecule has 0 spiro atoms. The van der Waals surface area contributed by atoms with E-state index >= 15 is 0 Å². The molecule has 4 fully saturated rings. The highest BCUT2D eigenvalue weighted by Crippen LogP contribution is 2.60. The van der Waals surface area contributed by atoms with Gasteiger partial charge in [-0.1, -0.05) is 29.3 Å². The maximum absolute atomic E-state index is 13.5. The summed E-state index contributed by atoms with van der Waals surface area (Å²) >= 11 is 0. The van der Waals surface area contributed by atoms with Gasteiger partial charge in [-0.05, 0) is 94.4 Å². The van der Waals surface area contributed by atoms with E-state index in [2.05, 4.69) is 15.6 Å². The molecule has 0 aromatic heterocycles. The molecule has 0 radical (unpaired) electrons. The number of hydrogen-bond acceptors (Lipinski definition) is 4. The third-order valence-electron chi connectivity index (χ3n) is 7.82. The summed E-state index contributed by atoms with van der Waals surface area (Å²) in [4.78, 5) is 28.7. The summed E-state index contributed by atoms with van der Waals surface area (Å²) in [6.45, 7) is 3.71. The quantitative estimate of drug-likeness (QED) is 0.541. The molecule has 4 aliphatic carbocycles. The van der Waals surface area contributed by atoms with Crippen LogP contribution >= 0.6 is 0 Å². The Morgan fingerprint density at radius 1 is 0.853 bits per heavy atom. The third kappa shape index (κ3) is 4.36. The van der Waals surface area contributed by atoms with Crippen molar-refractivity contribution in [1.29, 1.82) is 0 Å². The van der Waals surface area contributed by atoms with Crippen molar-refractivity contribution in [2.24, 2.45) is 23.2 Å². The lowest BCUT2D eigenvalue weighted by atomic mass is 9.49. The molecule has 2 aromatic carbocycles. The van der Waals surface area contributed by atoms with E-state index in [1.807, 2.05) is 19.9 Å². The van der Waals surface area contributed by atoms with Crippen LogP contribution in [0, 0.1) is 37.0 Å². The van der Waals surface area contributed by atoms with Crippen LogP contribution in [0.1, 0.15) is 60.0 Å². The average molecular weight is 482 g/mol. The van der Waals surface area contributed by atoms with Crippen molar-refractivity contribution in [1.82, 2.24) is 10.3 Å². The number of nitrogens with one attached hydrogen (secondary N) is 3. The maximum atomic E-state index is 13.5. The summed E-state index contributed by atoms with van der Waals surface area (Å²) in [5.74, 6) is 1.27. The summed E-state index contributed by atoms with van der Waals surface area (Å²) in [7, 11) is -3.93. The van der Waals surface area contributed by atoms with Crippen molar-refractivity contribution >= 4 is 27.5 Å². The Labute approximate surface area is 200 Å². The Bertz CT molecular complexity index is 1200. The van der Waals surface area contributed by atoms with E-state index in [1.54, 1.807) is 24.3 Å². The topological polar surface area (TPSA) is 104 Å². The highest BCUT2D eigenvalue weighted by Gasteiger charge is 2.54. The van der Waals surface area contributed by atoms with Crippen molar-refractivity contribution in [3.63, 3.8) is 0 Å². The SMILES string of the molecule is Cc1ccc(S(=O)(=O)NNC(=O)c2cc(C)ccc2NC(=O)C23CC4CC(CC(C4)C2)C3)cc1. The van der Waals surface area contributed by atoms with Gasteiger partial charge in [0, 0.05) is 0 Å². The fraction of sp³-hybridized carbons (Fsp3) is 0.462. The lowest BCUT2D eigenvalue weighted by Crippen LogP contribution is -2.52. The maximum Gasteiger partial charge on any atom is 0.268 e. The fourth-order valence-corrected chi connectivity index (χ4v) is 7.40. The Morgan fingerprint density at radius 2 is 1.41 bits per heavy atom. The Balaban J connectivity index is 1.32. The minimum Gasteiger partial charge on any atom is -0.325 e. The van der Waals surface area contributed by atoms with Gasteiger partial charge in [0.15, 0.2) is 0 Å². The minimum absolute atomic E-state index is 0.00950. The van der Waals surface area contributed by atoms with Crippen LogP contribution in [-0.4, -0.2) is 20.2 Å². The number of benzene rings is 2. The molecule has 8 heteroatoms. The van der Waals surface area contributed by atoms with E-state index in [4.69, 9.17) is 0 Å². The number of carbonyl (C=O) groups is 2. The number of sulfonamides is 1. The molecule has 2 amide bonds. The molecule has 6 rings (SSSR count). The second kappa shape index (κ2) is 8.50. The van der Waals surface area contributed by atoms with Crippen LogP contribution in [0.2, 0.25) is 0 Å². The molecule has 2 aromatic rings. The highest BCUT2D eigenvalue weighted by atomic mass is 32.2. The smallest absolute Gasteiger partial charge is 0.268 e. The first-order chi connectivity index (χ1) is 16.1. The first-order valence-electron chi connectivity index (χ1n) is 11.9. The van der Waals surface area contributed by atoms with Gasteiger partial charge in [0.05, 0.1) is 21.6 Å². The van der Waals surface area contributed by atoms with Gasteiger partial charge in [0.1, 0.15) is 0 Å². The van der Waals surface area contributed by atoms with Crippen LogP contribution in [0.3, 0.4) is 0 Å². The van der Waals surface area contributed by atoms with Crippen molar-refractivity contribution in [2.45, 2.75) is 57.3 Å². The summed E-state index contributed by atoms with van der Waals surface area (Å²) in [5, 5.41) is 3.03. The Morgan fingerprint density at radius 3 is 2.00 bits per heavy atom. The second-order valence-electron chi connectivity index (χ2n) is 10.6. The van der Waals surface area contributed by atoms with Crippen molar-refractivity contribution in [3.8, 4) is 0 Å². The number of rotatable bonds is 6. The molecular formula is C26H31N3O4S. The molecule has 4 saturated carbocycles. The monoisotopic (exact) mass is 481 g/mol. The highest BCUT2D eigenvalue weighted by molar-refractivity contribution is 7.89. The van der Waals surface area contributed by atoms with Crippen LogP contribution in [0.25, 0.3) is 0 Å². The van der Waals surface area contributed by atoms with Gasteiger partial charge in [0.25, 0.3) is 15.9 Å². The zero-order chi connectivity index (χ0) is 24.1. The van der Waals surface area contributed by atoms with Crippen molar-refractivity contribution in [3.05, 3.63) is 59.2 Å². The fourth-order valence-electron chi connectivity index (χ4n) is 6.56. The Kier molecular flexibility index (Phi) is 5.76. The predicted molar refractivity (Wildman–Crippen MR) is 129 cm³/mol. The first kappa shape index (κ1) is 23.1.